The van der Waals surface area contributed by atoms with Gasteiger partial charge in [-0.2, -0.15) is 0 Å². The fourth-order valence-corrected chi connectivity index (χ4v) is 4.61. The Morgan fingerprint density at radius 2 is 1.87 bits per heavy atom. The maximum Gasteiger partial charge on any atom is 0.341 e. The van der Waals surface area contributed by atoms with Crippen molar-refractivity contribution < 1.29 is 19.1 Å². The second kappa shape index (κ2) is 11.1. The molecule has 0 fully saturated rings. The van der Waals surface area contributed by atoms with Crippen LogP contribution < -0.4 is 10.1 Å². The molecule has 0 aliphatic rings. The van der Waals surface area contributed by atoms with Crippen LogP contribution in [0.4, 0.5) is 5.00 Å². The van der Waals surface area contributed by atoms with Gasteiger partial charge in [-0.25, -0.2) is 4.79 Å². The largest absolute Gasteiger partial charge is 0.483 e. The van der Waals surface area contributed by atoms with Crippen molar-refractivity contribution in [2.75, 3.05) is 18.5 Å². The number of carbonyl (C=O) groups is 2. The molecule has 0 saturated heterocycles. The normalized spacial score (nSPS) is 10.5. The first-order valence-corrected chi connectivity index (χ1v) is 11.8. The van der Waals surface area contributed by atoms with Crippen LogP contribution in [0.25, 0.3) is 11.1 Å². The molecule has 0 saturated carbocycles. The molecule has 0 bridgehead atoms. The zero-order valence-corrected chi connectivity index (χ0v) is 19.8. The second-order valence-electron chi connectivity index (χ2n) is 6.79. The summed E-state index contributed by atoms with van der Waals surface area (Å²) >= 11 is 4.78. The fraction of sp³-hybridized carbons (Fsp3) is 0.250. The number of nitrogens with one attached hydrogen (secondary N) is 1. The van der Waals surface area contributed by atoms with Crippen molar-refractivity contribution in [3.05, 3.63) is 69.5 Å². The number of esters is 1. The van der Waals surface area contributed by atoms with Crippen molar-refractivity contribution in [1.29, 1.82) is 0 Å². The van der Waals surface area contributed by atoms with Crippen molar-refractivity contribution >= 4 is 44.1 Å². The molecule has 1 heterocycles. The number of hydrogen-bond donors (Lipinski definition) is 1. The van der Waals surface area contributed by atoms with E-state index in [1.807, 2.05) is 53.9 Å². The highest BCUT2D eigenvalue weighted by Crippen LogP contribution is 2.36. The summed E-state index contributed by atoms with van der Waals surface area (Å²) < 4.78 is 11.7. The van der Waals surface area contributed by atoms with E-state index in [9.17, 15) is 9.59 Å². The molecular weight excluding hydrogens is 478 g/mol. The van der Waals surface area contributed by atoms with Gasteiger partial charge in [-0.15, -0.1) is 11.3 Å². The van der Waals surface area contributed by atoms with Crippen molar-refractivity contribution in [2.45, 2.75) is 26.7 Å². The highest BCUT2D eigenvalue weighted by molar-refractivity contribution is 9.10. The minimum atomic E-state index is -0.465. The number of hydrogen-bond acceptors (Lipinski definition) is 5. The minimum Gasteiger partial charge on any atom is -0.483 e. The Kier molecular flexibility index (Phi) is 8.26. The Balaban J connectivity index is 1.74. The molecule has 1 amide bonds. The Labute approximate surface area is 194 Å². The maximum atomic E-state index is 12.6. The lowest BCUT2D eigenvalue weighted by Gasteiger charge is -2.11. The first-order valence-electron chi connectivity index (χ1n) is 10.1. The third-order valence-corrected chi connectivity index (χ3v) is 6.02. The molecule has 0 aliphatic carbocycles. The Hall–Kier alpha value is -2.64. The summed E-state index contributed by atoms with van der Waals surface area (Å²) in [5, 5.41) is 5.10. The monoisotopic (exact) mass is 501 g/mol. The minimum absolute atomic E-state index is 0.174. The van der Waals surface area contributed by atoms with Gasteiger partial charge in [-0.1, -0.05) is 49.7 Å². The van der Waals surface area contributed by atoms with E-state index in [1.54, 1.807) is 6.92 Å². The maximum absolute atomic E-state index is 12.6. The van der Waals surface area contributed by atoms with Gasteiger partial charge in [0.05, 0.1) is 11.1 Å². The van der Waals surface area contributed by atoms with Gasteiger partial charge in [-0.05, 0) is 52.5 Å². The van der Waals surface area contributed by atoms with Gasteiger partial charge in [0.15, 0.2) is 6.61 Å². The summed E-state index contributed by atoms with van der Waals surface area (Å²) in [6.45, 7) is 3.96. The number of anilines is 1. The number of ether oxygens (including phenoxy) is 2. The van der Waals surface area contributed by atoms with Gasteiger partial charge in [0.1, 0.15) is 16.3 Å². The third-order valence-electron chi connectivity index (χ3n) is 4.50. The molecule has 0 spiro atoms. The Morgan fingerprint density at radius 1 is 1.10 bits per heavy atom. The van der Waals surface area contributed by atoms with Crippen LogP contribution in [0, 0.1) is 0 Å². The van der Waals surface area contributed by atoms with E-state index in [2.05, 4.69) is 28.2 Å². The highest BCUT2D eigenvalue weighted by Gasteiger charge is 2.23. The van der Waals surface area contributed by atoms with Crippen molar-refractivity contribution in [3.8, 4) is 16.9 Å². The van der Waals surface area contributed by atoms with E-state index in [0.717, 1.165) is 28.4 Å². The summed E-state index contributed by atoms with van der Waals surface area (Å²) in [5.41, 5.74) is 3.18. The average Bonchev–Trinajstić information content (AvgIpc) is 3.18. The number of rotatable bonds is 9. The number of halogens is 1. The van der Waals surface area contributed by atoms with E-state index in [4.69, 9.17) is 9.47 Å². The molecular formula is C24H24BrNO4S. The van der Waals surface area contributed by atoms with Crippen LogP contribution in [-0.4, -0.2) is 25.1 Å². The molecule has 0 atom stereocenters. The number of amides is 1. The van der Waals surface area contributed by atoms with E-state index in [0.29, 0.717) is 16.3 Å². The summed E-state index contributed by atoms with van der Waals surface area (Å²) in [6, 6.07) is 15.4. The van der Waals surface area contributed by atoms with Crippen LogP contribution >= 0.6 is 27.3 Å². The topological polar surface area (TPSA) is 64.6 Å². The molecule has 31 heavy (non-hydrogen) atoms. The lowest BCUT2D eigenvalue weighted by atomic mass is 10.0. The smallest absolute Gasteiger partial charge is 0.341 e. The van der Waals surface area contributed by atoms with Crippen molar-refractivity contribution in [1.82, 2.24) is 0 Å². The average molecular weight is 502 g/mol. The van der Waals surface area contributed by atoms with Gasteiger partial charge < -0.3 is 14.8 Å². The van der Waals surface area contributed by atoms with Crippen LogP contribution in [0.5, 0.6) is 5.75 Å². The highest BCUT2D eigenvalue weighted by atomic mass is 79.9. The number of aryl methyl sites for hydroxylation is 1. The van der Waals surface area contributed by atoms with Gasteiger partial charge >= 0.3 is 5.97 Å². The quantitative estimate of drug-likeness (QED) is 0.348. The Bertz CT molecular complexity index is 1050. The third kappa shape index (κ3) is 5.95. The molecule has 3 aromatic rings. The molecule has 5 nitrogen and oxygen atoms in total. The van der Waals surface area contributed by atoms with Crippen LogP contribution in [0.15, 0.2) is 58.4 Å². The molecule has 2 aromatic carbocycles. The summed E-state index contributed by atoms with van der Waals surface area (Å²) in [5.74, 6) is -0.221. The van der Waals surface area contributed by atoms with Crippen molar-refractivity contribution in [2.24, 2.45) is 0 Å². The van der Waals surface area contributed by atoms with Crippen LogP contribution in [0.2, 0.25) is 0 Å². The molecule has 162 valence electrons. The fourth-order valence-electron chi connectivity index (χ4n) is 3.10. The molecule has 3 rings (SSSR count). The summed E-state index contributed by atoms with van der Waals surface area (Å²) in [7, 11) is 0. The Morgan fingerprint density at radius 3 is 2.55 bits per heavy atom. The molecule has 7 heteroatoms. The predicted molar refractivity (Wildman–Crippen MR) is 128 cm³/mol. The first-order chi connectivity index (χ1) is 15.0. The molecule has 0 radical (unpaired) electrons. The molecule has 0 aliphatic heterocycles. The summed E-state index contributed by atoms with van der Waals surface area (Å²) in [6.07, 6.45) is 2.04. The lowest BCUT2D eigenvalue weighted by molar-refractivity contribution is -0.118. The summed E-state index contributed by atoms with van der Waals surface area (Å²) in [4.78, 5) is 25.2. The van der Waals surface area contributed by atoms with Crippen molar-refractivity contribution in [3.63, 3.8) is 0 Å². The first kappa shape index (κ1) is 23.0. The number of benzene rings is 2. The standard InChI is InChI=1S/C24H24BrNO4S/c1-3-8-16-11-12-20(19(25)13-16)30-14-21(27)26-23-22(24(28)29-4-2)18(15-31-23)17-9-6-5-7-10-17/h5-7,9-13,15H,3-4,8,14H2,1-2H3,(H,26,27). The van der Waals surface area contributed by atoms with Crippen LogP contribution in [-0.2, 0) is 16.0 Å². The van der Waals surface area contributed by atoms with Gasteiger partial charge in [0.25, 0.3) is 5.91 Å². The zero-order chi connectivity index (χ0) is 22.2. The number of thiophene rings is 1. The number of carbonyl (C=O) groups excluding carboxylic acids is 2. The van der Waals surface area contributed by atoms with Gasteiger partial charge in [-0.3, -0.25) is 4.79 Å². The SMILES string of the molecule is CCCc1ccc(OCC(=O)Nc2scc(-c3ccccc3)c2C(=O)OCC)c(Br)c1. The molecule has 1 N–H and O–H groups in total. The van der Waals surface area contributed by atoms with E-state index in [1.165, 1.54) is 16.9 Å². The van der Waals surface area contributed by atoms with Crippen LogP contribution in [0.3, 0.4) is 0 Å². The van der Waals surface area contributed by atoms with E-state index in [-0.39, 0.29) is 19.1 Å². The van der Waals surface area contributed by atoms with Crippen LogP contribution in [0.1, 0.15) is 36.2 Å². The molecule has 0 unspecified atom stereocenters. The zero-order valence-electron chi connectivity index (χ0n) is 17.4. The van der Waals surface area contributed by atoms with Gasteiger partial charge in [0.2, 0.25) is 0 Å². The van der Waals surface area contributed by atoms with E-state index >= 15 is 0 Å². The lowest BCUT2D eigenvalue weighted by Crippen LogP contribution is -2.21. The predicted octanol–water partition coefficient (Wildman–Crippen LogP) is 6.32. The molecule has 1 aromatic heterocycles. The van der Waals surface area contributed by atoms with E-state index < -0.39 is 5.97 Å². The second-order valence-corrected chi connectivity index (χ2v) is 8.53. The van der Waals surface area contributed by atoms with Gasteiger partial charge in [0, 0.05) is 10.9 Å².